The Hall–Kier alpha value is -8.54. The average molecular weight is 1310 g/mol. The number of nitrogens with zero attached hydrogens (tertiary/aromatic N) is 13. The maximum Gasteiger partial charge on any atom is 0.254 e. The van der Waals surface area contributed by atoms with Gasteiger partial charge in [0.2, 0.25) is 23.8 Å². The first-order chi connectivity index (χ1) is 44.2. The topological polar surface area (TPSA) is 383 Å². The molecule has 9 N–H and O–H groups in total. The smallest absolute Gasteiger partial charge is 0.254 e. The predicted molar refractivity (Wildman–Crippen MR) is 350 cm³/mol. The summed E-state index contributed by atoms with van der Waals surface area (Å²) in [7, 11) is 0. The second-order valence-electron chi connectivity index (χ2n) is 31.0. The number of Topliss-reactive ketones (excluding diaryl/α,β-unsaturated/α-hetero) is 1. The van der Waals surface area contributed by atoms with Crippen LogP contribution >= 0.6 is 0 Å². The van der Waals surface area contributed by atoms with Crippen LogP contribution in [0.1, 0.15) is 226 Å². The summed E-state index contributed by atoms with van der Waals surface area (Å²) in [6.07, 6.45) is 21.7. The summed E-state index contributed by atoms with van der Waals surface area (Å²) in [4.78, 5) is 122. The summed E-state index contributed by atoms with van der Waals surface area (Å²) < 4.78 is 6.32. The van der Waals surface area contributed by atoms with E-state index >= 15 is 0 Å². The lowest BCUT2D eigenvalue weighted by Crippen LogP contribution is -2.87. The van der Waals surface area contributed by atoms with Gasteiger partial charge in [0.05, 0.1) is 52.0 Å². The normalized spacial score (nSPS) is 26.4. The molecule has 2 aliphatic heterocycles. The molecule has 2 saturated heterocycles. The second kappa shape index (κ2) is 25.2. The highest BCUT2D eigenvalue weighted by molar-refractivity contribution is 5.96. The van der Waals surface area contributed by atoms with Crippen molar-refractivity contribution in [2.24, 2.45) is 5.92 Å². The highest BCUT2D eigenvalue weighted by Gasteiger charge is 2.72. The minimum atomic E-state index is -1.35. The number of aromatic nitrogens is 10. The molecule has 5 amide bonds. The van der Waals surface area contributed by atoms with Crippen molar-refractivity contribution in [3.05, 3.63) is 95.6 Å². The summed E-state index contributed by atoms with van der Waals surface area (Å²) in [5, 5.41) is 52.5. The molecule has 1 spiro atoms. The van der Waals surface area contributed by atoms with E-state index in [9.17, 15) is 44.1 Å². The first-order valence-electron chi connectivity index (χ1n) is 32.4. The van der Waals surface area contributed by atoms with Gasteiger partial charge in [0, 0.05) is 115 Å². The van der Waals surface area contributed by atoms with E-state index in [2.05, 4.69) is 81.7 Å². The average Bonchev–Trinajstić information content (AvgIpc) is 1.59. The molecule has 510 valence electrons. The number of rotatable bonds is 12. The van der Waals surface area contributed by atoms with E-state index < -0.39 is 46.1 Å². The van der Waals surface area contributed by atoms with Crippen molar-refractivity contribution in [1.82, 2.24) is 76.4 Å². The molecular weight excluding hydrogens is 1220 g/mol. The zero-order valence-electron chi connectivity index (χ0n) is 57.0. The second-order valence-corrected chi connectivity index (χ2v) is 31.0. The Morgan fingerprint density at radius 2 is 0.768 bits per heavy atom. The Kier molecular flexibility index (Phi) is 18.4. The maximum absolute atomic E-state index is 12.5. The number of carbonyl (C=O) groups excluding carboxylic acids is 6. The quantitative estimate of drug-likeness (QED) is 0.0805. The SMILES string of the molecule is CC(C)(C)NC(=O)c1cnc(CC2CCC2=O)nc1.CC(C)(C)NC(=O)c1cnc(N2C3CCC3(O)N(c3ncc(C(=O)NC(C)(C)C)cn3)C3CCC32O)nc1.CC(C)(C)NC(=O)c1cnc(NC2CCC23OC2(O)CCC2N3c2ncc(C(=O)NC(C)(C)C)cn2)nc1. The fraction of sp³-hybridized carbons (Fsp3) is 0.606. The monoisotopic (exact) mass is 1310 g/mol. The Morgan fingerprint density at radius 3 is 1.03 bits per heavy atom. The number of hydrogen-bond acceptors (Lipinski definition) is 24. The van der Waals surface area contributed by atoms with Crippen LogP contribution in [-0.4, -0.2) is 175 Å². The number of piperazine rings is 1. The van der Waals surface area contributed by atoms with Gasteiger partial charge in [-0.05, 0) is 155 Å². The minimum absolute atomic E-state index is 0.0780. The van der Waals surface area contributed by atoms with Gasteiger partial charge >= 0.3 is 0 Å². The van der Waals surface area contributed by atoms with Crippen molar-refractivity contribution in [3.63, 3.8) is 0 Å². The van der Waals surface area contributed by atoms with Crippen LogP contribution in [0.4, 0.5) is 23.8 Å². The molecule has 7 fully saturated rings. The van der Waals surface area contributed by atoms with E-state index in [1.54, 1.807) is 9.80 Å². The number of hydrogen-bond donors (Lipinski definition) is 9. The molecule has 0 radical (unpaired) electrons. The lowest BCUT2D eigenvalue weighted by molar-refractivity contribution is -0.273. The van der Waals surface area contributed by atoms with Gasteiger partial charge in [0.15, 0.2) is 23.0 Å². The van der Waals surface area contributed by atoms with Crippen molar-refractivity contribution < 1.29 is 48.8 Å². The van der Waals surface area contributed by atoms with Gasteiger partial charge in [-0.25, -0.2) is 49.8 Å². The number of nitrogens with one attached hydrogen (secondary N) is 6. The van der Waals surface area contributed by atoms with Crippen LogP contribution in [0, 0.1) is 5.92 Å². The third-order valence-electron chi connectivity index (χ3n) is 17.4. The van der Waals surface area contributed by atoms with Crippen LogP contribution in [0.25, 0.3) is 0 Å². The van der Waals surface area contributed by atoms with Gasteiger partial charge in [0.25, 0.3) is 29.5 Å². The Morgan fingerprint density at radius 1 is 0.442 bits per heavy atom. The van der Waals surface area contributed by atoms with Crippen LogP contribution in [0.15, 0.2) is 62.0 Å². The van der Waals surface area contributed by atoms with Gasteiger partial charge in [-0.15, -0.1) is 0 Å². The molecule has 95 heavy (non-hydrogen) atoms. The molecule has 7 aliphatic rings. The summed E-state index contributed by atoms with van der Waals surface area (Å²) in [6, 6.07) is -1.57. The van der Waals surface area contributed by atoms with E-state index in [1.807, 2.05) is 109 Å². The largest absolute Gasteiger partial charge is 0.369 e. The van der Waals surface area contributed by atoms with Crippen LogP contribution in [0.3, 0.4) is 0 Å². The third kappa shape index (κ3) is 15.0. The van der Waals surface area contributed by atoms with Crippen molar-refractivity contribution >= 4 is 59.1 Å². The molecule has 5 aliphatic carbocycles. The number of amides is 5. The highest BCUT2D eigenvalue weighted by atomic mass is 16.7. The summed E-state index contributed by atoms with van der Waals surface area (Å²) in [5.74, 6) is -0.298. The summed E-state index contributed by atoms with van der Waals surface area (Å²) in [5.41, 5.74) is -3.64. The highest BCUT2D eigenvalue weighted by Crippen LogP contribution is 2.58. The molecule has 9 atom stereocenters. The fourth-order valence-electron chi connectivity index (χ4n) is 12.4. The van der Waals surface area contributed by atoms with E-state index in [0.29, 0.717) is 96.9 Å². The lowest BCUT2D eigenvalue weighted by Gasteiger charge is -2.70. The molecule has 5 aromatic rings. The maximum atomic E-state index is 12.5. The number of ether oxygens (including phenoxy) is 1. The first-order valence-corrected chi connectivity index (χ1v) is 32.4. The molecule has 5 aromatic heterocycles. The van der Waals surface area contributed by atoms with Crippen molar-refractivity contribution in [3.8, 4) is 0 Å². The number of anilines is 4. The Labute approximate surface area is 553 Å². The van der Waals surface area contributed by atoms with Crippen molar-refractivity contribution in [2.45, 2.75) is 249 Å². The van der Waals surface area contributed by atoms with Gasteiger partial charge in [-0.1, -0.05) is 0 Å². The molecule has 29 nitrogen and oxygen atoms in total. The van der Waals surface area contributed by atoms with E-state index in [1.165, 1.54) is 62.0 Å². The molecule has 5 saturated carbocycles. The van der Waals surface area contributed by atoms with Crippen molar-refractivity contribution in [2.75, 3.05) is 20.0 Å². The Bertz CT molecular complexity index is 3490. The minimum Gasteiger partial charge on any atom is -0.369 e. The number of fused-ring (bicyclic) bond motifs is 3. The first kappa shape index (κ1) is 69.3. The molecular formula is C66H91N19O10. The molecule has 29 heteroatoms. The molecule has 0 aromatic carbocycles. The van der Waals surface area contributed by atoms with Crippen molar-refractivity contribution in [1.29, 1.82) is 0 Å². The summed E-state index contributed by atoms with van der Waals surface area (Å²) >= 11 is 0. The van der Waals surface area contributed by atoms with E-state index in [-0.39, 0.29) is 81.8 Å². The van der Waals surface area contributed by atoms with E-state index in [4.69, 9.17) is 4.74 Å². The number of ketones is 1. The van der Waals surface area contributed by atoms with Crippen LogP contribution in [0.5, 0.6) is 0 Å². The van der Waals surface area contributed by atoms with Crippen LogP contribution in [-0.2, 0) is 16.0 Å². The van der Waals surface area contributed by atoms with E-state index in [0.717, 1.165) is 19.3 Å². The van der Waals surface area contributed by atoms with Gasteiger partial charge in [-0.3, -0.25) is 28.8 Å². The van der Waals surface area contributed by atoms with Crippen LogP contribution in [0.2, 0.25) is 0 Å². The lowest BCUT2D eigenvalue weighted by atomic mass is 9.67. The third-order valence-corrected chi connectivity index (χ3v) is 17.4. The zero-order valence-corrected chi connectivity index (χ0v) is 57.0. The van der Waals surface area contributed by atoms with Gasteiger partial charge in [-0.2, -0.15) is 0 Å². The van der Waals surface area contributed by atoms with Gasteiger partial charge in [0.1, 0.15) is 11.6 Å². The molecule has 12 rings (SSSR count). The standard InChI is InChI=1S/2C26H36N8O4.C14H19N3O2/c1-23(2,3)31-19(35)15-11-27-21(28-12-15)33-17-7-10-26(17,38)34(18-8-9-25(18,33)37)22-29-13-16(14-30-22)20(36)32-24(4,5)6;1-23(2,3)32-19(35)15-11-27-21(28-12-15)31-17-7-9-25(17)34(18-8-10-26(18,37)38-25)22-29-13-16(14-30-22)20(36)33-24(4,5)6;1-14(2,3)17-13(19)10-7-15-12(16-8-10)6-9-4-5-11(9)18/h11-14,17-18,37-38H,7-10H2,1-6H3,(H,31,35)(H,32,36);11-14,17-18,37H,7-10H2,1-6H3,(H,32,35)(H,33,36)(H,27,28,31);7-9H,4-6H2,1-3H3,(H,17,19). The van der Waals surface area contributed by atoms with Crippen LogP contribution < -0.4 is 46.6 Å². The molecule has 7 heterocycles. The predicted octanol–water partition coefficient (Wildman–Crippen LogP) is 4.86. The summed E-state index contributed by atoms with van der Waals surface area (Å²) in [6.45, 7) is 28.5. The number of aliphatic hydroxyl groups is 3. The van der Waals surface area contributed by atoms with Gasteiger partial charge < -0.3 is 66.7 Å². The number of carbonyl (C=O) groups is 6. The Balaban J connectivity index is 0.000000164. The zero-order chi connectivity index (χ0) is 69.2. The molecule has 0 bridgehead atoms. The molecule has 9 unspecified atom stereocenters. The fourth-order valence-corrected chi connectivity index (χ4v) is 12.4.